The first-order chi connectivity index (χ1) is 9.49. The van der Waals surface area contributed by atoms with E-state index in [1.54, 1.807) is 0 Å². The van der Waals surface area contributed by atoms with E-state index >= 15 is 0 Å². The van der Waals surface area contributed by atoms with E-state index in [1.807, 2.05) is 4.90 Å². The van der Waals surface area contributed by atoms with Crippen molar-refractivity contribution in [1.29, 1.82) is 0 Å². The number of carboxylic acids is 1. The molecule has 1 heterocycles. The van der Waals surface area contributed by atoms with E-state index in [4.69, 9.17) is 0 Å². The second-order valence-corrected chi connectivity index (χ2v) is 6.50. The molecule has 4 atom stereocenters. The van der Waals surface area contributed by atoms with Crippen LogP contribution in [0.15, 0.2) is 0 Å². The molecule has 0 aromatic carbocycles. The van der Waals surface area contributed by atoms with Crippen LogP contribution in [0.25, 0.3) is 0 Å². The number of nitrogens with one attached hydrogen (secondary N) is 1. The summed E-state index contributed by atoms with van der Waals surface area (Å²) in [4.78, 5) is 25.5. The van der Waals surface area contributed by atoms with Crippen LogP contribution in [0, 0.1) is 17.8 Å². The Bertz CT molecular complexity index is 362. The summed E-state index contributed by atoms with van der Waals surface area (Å²) in [5.74, 6) is -0.172. The second-order valence-electron chi connectivity index (χ2n) is 6.50. The third-order valence-electron chi connectivity index (χ3n) is 4.92. The minimum atomic E-state index is -0.777. The summed E-state index contributed by atoms with van der Waals surface area (Å²) in [5, 5.41) is 12.3. The molecule has 0 spiro atoms. The van der Waals surface area contributed by atoms with Gasteiger partial charge >= 0.3 is 12.0 Å². The highest BCUT2D eigenvalue weighted by molar-refractivity contribution is 5.77. The Balaban J connectivity index is 1.96. The molecular weight excluding hydrogens is 256 g/mol. The fourth-order valence-corrected chi connectivity index (χ4v) is 3.32. The summed E-state index contributed by atoms with van der Waals surface area (Å²) in [6.45, 7) is 5.86. The number of carbonyl (C=O) groups is 2. The molecule has 1 aliphatic heterocycles. The van der Waals surface area contributed by atoms with Gasteiger partial charge in [0.05, 0.1) is 5.92 Å². The second kappa shape index (κ2) is 6.46. The zero-order valence-electron chi connectivity index (χ0n) is 12.5. The van der Waals surface area contributed by atoms with Gasteiger partial charge < -0.3 is 15.3 Å². The Morgan fingerprint density at radius 2 is 1.65 bits per heavy atom. The number of hydrogen-bond acceptors (Lipinski definition) is 2. The number of aliphatic carboxylic acids is 1. The fourth-order valence-electron chi connectivity index (χ4n) is 3.32. The topological polar surface area (TPSA) is 69.6 Å². The molecule has 0 aromatic rings. The van der Waals surface area contributed by atoms with Crippen LogP contribution in [-0.2, 0) is 4.79 Å². The SMILES string of the molecule is CC1CN(C(=O)NC2CCCCCC2C(=O)O)CC1C. The predicted octanol–water partition coefficient (Wildman–Crippen LogP) is 2.32. The van der Waals surface area contributed by atoms with Gasteiger partial charge in [-0.15, -0.1) is 0 Å². The number of hydrogen-bond donors (Lipinski definition) is 2. The summed E-state index contributed by atoms with van der Waals surface area (Å²) in [6.07, 6.45) is 4.46. The van der Waals surface area contributed by atoms with Gasteiger partial charge in [-0.25, -0.2) is 4.79 Å². The van der Waals surface area contributed by atoms with E-state index in [9.17, 15) is 14.7 Å². The average Bonchev–Trinajstić information content (AvgIpc) is 2.62. The third-order valence-corrected chi connectivity index (χ3v) is 4.92. The lowest BCUT2D eigenvalue weighted by molar-refractivity contribution is -0.142. The molecule has 2 rings (SSSR count). The van der Waals surface area contributed by atoms with Crippen LogP contribution in [-0.4, -0.2) is 41.1 Å². The molecule has 0 aromatic heterocycles. The molecule has 2 aliphatic rings. The summed E-state index contributed by atoms with van der Waals surface area (Å²) < 4.78 is 0. The van der Waals surface area contributed by atoms with Crippen molar-refractivity contribution in [2.75, 3.05) is 13.1 Å². The molecule has 4 unspecified atom stereocenters. The highest BCUT2D eigenvalue weighted by Gasteiger charge is 2.34. The Labute approximate surface area is 120 Å². The quantitative estimate of drug-likeness (QED) is 0.764. The lowest BCUT2D eigenvalue weighted by Gasteiger charge is -2.26. The van der Waals surface area contributed by atoms with E-state index in [1.165, 1.54) is 0 Å². The number of carbonyl (C=O) groups excluding carboxylic acids is 1. The van der Waals surface area contributed by atoms with Gasteiger partial charge in [-0.05, 0) is 24.7 Å². The van der Waals surface area contributed by atoms with Gasteiger partial charge in [-0.1, -0.05) is 33.1 Å². The minimum Gasteiger partial charge on any atom is -0.481 e. The minimum absolute atomic E-state index is 0.0839. The van der Waals surface area contributed by atoms with Gasteiger partial charge in [-0.3, -0.25) is 4.79 Å². The van der Waals surface area contributed by atoms with Crippen molar-refractivity contribution in [2.24, 2.45) is 17.8 Å². The lowest BCUT2D eigenvalue weighted by Crippen LogP contribution is -2.48. The molecule has 2 fully saturated rings. The van der Waals surface area contributed by atoms with Crippen molar-refractivity contribution in [1.82, 2.24) is 10.2 Å². The molecule has 5 heteroatoms. The van der Waals surface area contributed by atoms with Crippen molar-refractivity contribution >= 4 is 12.0 Å². The first-order valence-electron chi connectivity index (χ1n) is 7.77. The van der Waals surface area contributed by atoms with E-state index in [0.29, 0.717) is 18.3 Å². The molecule has 1 saturated carbocycles. The molecule has 5 nitrogen and oxygen atoms in total. The van der Waals surface area contributed by atoms with E-state index < -0.39 is 11.9 Å². The van der Waals surface area contributed by atoms with Crippen LogP contribution < -0.4 is 5.32 Å². The van der Waals surface area contributed by atoms with Gasteiger partial charge in [0.15, 0.2) is 0 Å². The van der Waals surface area contributed by atoms with Crippen molar-refractivity contribution in [3.63, 3.8) is 0 Å². The maximum Gasteiger partial charge on any atom is 0.317 e. The first kappa shape index (κ1) is 15.1. The Kier molecular flexibility index (Phi) is 4.89. The number of likely N-dealkylation sites (tertiary alicyclic amines) is 1. The number of nitrogens with zero attached hydrogens (tertiary/aromatic N) is 1. The van der Waals surface area contributed by atoms with Crippen molar-refractivity contribution in [2.45, 2.75) is 52.0 Å². The molecule has 2 N–H and O–H groups in total. The van der Waals surface area contributed by atoms with Gasteiger partial charge in [0, 0.05) is 19.1 Å². The zero-order chi connectivity index (χ0) is 14.7. The summed E-state index contributed by atoms with van der Waals surface area (Å²) in [6, 6.07) is -0.298. The molecule has 20 heavy (non-hydrogen) atoms. The average molecular weight is 282 g/mol. The van der Waals surface area contributed by atoms with Gasteiger partial charge in [0.25, 0.3) is 0 Å². The van der Waals surface area contributed by atoms with Crippen molar-refractivity contribution in [3.8, 4) is 0 Å². The van der Waals surface area contributed by atoms with Crippen LogP contribution in [0.1, 0.15) is 46.0 Å². The van der Waals surface area contributed by atoms with Crippen molar-refractivity contribution in [3.05, 3.63) is 0 Å². The van der Waals surface area contributed by atoms with E-state index in [0.717, 1.165) is 38.8 Å². The van der Waals surface area contributed by atoms with Crippen LogP contribution in [0.5, 0.6) is 0 Å². The van der Waals surface area contributed by atoms with Crippen LogP contribution in [0.3, 0.4) is 0 Å². The summed E-state index contributed by atoms with van der Waals surface area (Å²) >= 11 is 0. The monoisotopic (exact) mass is 282 g/mol. The molecule has 0 radical (unpaired) electrons. The smallest absolute Gasteiger partial charge is 0.317 e. The highest BCUT2D eigenvalue weighted by Crippen LogP contribution is 2.25. The zero-order valence-corrected chi connectivity index (χ0v) is 12.5. The molecular formula is C15H26N2O3. The first-order valence-corrected chi connectivity index (χ1v) is 7.77. The standard InChI is InChI=1S/C15H26N2O3/c1-10-8-17(9-11(10)2)15(20)16-13-7-5-3-4-6-12(13)14(18)19/h10-13H,3-9H2,1-2H3,(H,16,20)(H,18,19). The van der Waals surface area contributed by atoms with E-state index in [-0.39, 0.29) is 12.1 Å². The predicted molar refractivity (Wildman–Crippen MR) is 76.4 cm³/mol. The maximum absolute atomic E-state index is 12.3. The van der Waals surface area contributed by atoms with Gasteiger partial charge in [0.2, 0.25) is 0 Å². The molecule has 1 saturated heterocycles. The maximum atomic E-state index is 12.3. The summed E-state index contributed by atoms with van der Waals surface area (Å²) in [5.41, 5.74) is 0. The van der Waals surface area contributed by atoms with Gasteiger partial charge in [0.1, 0.15) is 0 Å². The van der Waals surface area contributed by atoms with Crippen LogP contribution in [0.4, 0.5) is 4.79 Å². The summed E-state index contributed by atoms with van der Waals surface area (Å²) in [7, 11) is 0. The number of amides is 2. The number of rotatable bonds is 2. The number of carboxylic acid groups (broad SMARTS) is 1. The Hall–Kier alpha value is -1.26. The highest BCUT2D eigenvalue weighted by atomic mass is 16.4. The molecule has 1 aliphatic carbocycles. The number of urea groups is 1. The molecule has 114 valence electrons. The third kappa shape index (κ3) is 3.44. The van der Waals surface area contributed by atoms with Crippen molar-refractivity contribution < 1.29 is 14.7 Å². The Morgan fingerprint density at radius 3 is 2.25 bits per heavy atom. The Morgan fingerprint density at radius 1 is 1.05 bits per heavy atom. The lowest BCUT2D eigenvalue weighted by atomic mass is 9.95. The normalized spacial score (nSPS) is 34.6. The molecule has 0 bridgehead atoms. The van der Waals surface area contributed by atoms with Gasteiger partial charge in [-0.2, -0.15) is 0 Å². The fraction of sp³-hybridized carbons (Fsp3) is 0.867. The molecule has 2 amide bonds. The van der Waals surface area contributed by atoms with E-state index in [2.05, 4.69) is 19.2 Å². The van der Waals surface area contributed by atoms with Crippen LogP contribution in [0.2, 0.25) is 0 Å². The van der Waals surface area contributed by atoms with Crippen LogP contribution >= 0.6 is 0 Å². The largest absolute Gasteiger partial charge is 0.481 e.